The highest BCUT2D eigenvalue weighted by Crippen LogP contribution is 2.02. The van der Waals surface area contributed by atoms with Gasteiger partial charge < -0.3 is 14.9 Å². The Balaban J connectivity index is 3.74. The lowest BCUT2D eigenvalue weighted by atomic mass is 10.1. The number of rotatable bonds is 8. The van der Waals surface area contributed by atoms with E-state index in [1.807, 2.05) is 20.8 Å². The highest BCUT2D eigenvalue weighted by atomic mass is 16.3. The minimum Gasteiger partial charge on any atom is -0.388 e. The van der Waals surface area contributed by atoms with E-state index >= 15 is 0 Å². The molecular formula is C13H29N2O2+. The number of hydrogen-bond donors (Lipinski definition) is 2. The van der Waals surface area contributed by atoms with Crippen LogP contribution in [0.5, 0.6) is 0 Å². The Hall–Kier alpha value is -0.610. The molecule has 0 bridgehead atoms. The first-order chi connectivity index (χ1) is 7.78. The molecule has 0 aromatic heterocycles. The third-order valence-corrected chi connectivity index (χ3v) is 3.06. The Morgan fingerprint density at radius 2 is 1.94 bits per heavy atom. The van der Waals surface area contributed by atoms with Crippen LogP contribution in [0.3, 0.4) is 0 Å². The highest BCUT2D eigenvalue weighted by molar-refractivity contribution is 5.78. The van der Waals surface area contributed by atoms with Crippen molar-refractivity contribution in [2.75, 3.05) is 33.7 Å². The molecule has 0 aromatic rings. The number of quaternary nitrogens is 1. The predicted molar refractivity (Wildman–Crippen MR) is 70.6 cm³/mol. The van der Waals surface area contributed by atoms with Gasteiger partial charge >= 0.3 is 0 Å². The molecule has 2 unspecified atom stereocenters. The Morgan fingerprint density at radius 3 is 2.41 bits per heavy atom. The van der Waals surface area contributed by atoms with Crippen molar-refractivity contribution in [1.82, 2.24) is 5.32 Å². The predicted octanol–water partition coefficient (Wildman–Crippen LogP) is 0.996. The van der Waals surface area contributed by atoms with Gasteiger partial charge in [0.15, 0.2) is 0 Å². The van der Waals surface area contributed by atoms with Crippen LogP contribution in [0, 0.1) is 5.92 Å². The van der Waals surface area contributed by atoms with E-state index in [4.69, 9.17) is 0 Å². The molecule has 0 aliphatic rings. The zero-order valence-electron chi connectivity index (χ0n) is 12.0. The van der Waals surface area contributed by atoms with Crippen molar-refractivity contribution in [2.24, 2.45) is 5.92 Å². The Kier molecular flexibility index (Phi) is 7.39. The van der Waals surface area contributed by atoms with Crippen molar-refractivity contribution in [3.05, 3.63) is 0 Å². The van der Waals surface area contributed by atoms with Gasteiger partial charge in [0, 0.05) is 18.9 Å². The van der Waals surface area contributed by atoms with Crippen LogP contribution in [0.2, 0.25) is 0 Å². The van der Waals surface area contributed by atoms with Crippen molar-refractivity contribution in [2.45, 2.75) is 39.7 Å². The molecule has 2 atom stereocenters. The number of nitrogens with one attached hydrogen (secondary N) is 1. The van der Waals surface area contributed by atoms with E-state index in [9.17, 15) is 9.90 Å². The summed E-state index contributed by atoms with van der Waals surface area (Å²) in [4.78, 5) is 11.5. The molecule has 0 rings (SSSR count). The summed E-state index contributed by atoms with van der Waals surface area (Å²) in [7, 11) is 4.20. The average molecular weight is 245 g/mol. The third-order valence-electron chi connectivity index (χ3n) is 3.06. The van der Waals surface area contributed by atoms with Crippen molar-refractivity contribution in [3.63, 3.8) is 0 Å². The van der Waals surface area contributed by atoms with Crippen LogP contribution in [0.15, 0.2) is 0 Å². The van der Waals surface area contributed by atoms with E-state index in [0.29, 0.717) is 0 Å². The Labute approximate surface area is 106 Å². The third kappa shape index (κ3) is 8.16. The summed E-state index contributed by atoms with van der Waals surface area (Å²) in [5.74, 6) is 0.253. The molecule has 0 fully saturated rings. The Bertz CT molecular complexity index is 227. The maximum Gasteiger partial charge on any atom is 0.222 e. The van der Waals surface area contributed by atoms with Gasteiger partial charge in [0.2, 0.25) is 5.91 Å². The van der Waals surface area contributed by atoms with E-state index in [0.717, 1.165) is 37.0 Å². The Morgan fingerprint density at radius 1 is 1.35 bits per heavy atom. The van der Waals surface area contributed by atoms with Crippen molar-refractivity contribution >= 4 is 5.91 Å². The molecule has 0 aliphatic heterocycles. The van der Waals surface area contributed by atoms with Crippen LogP contribution in [0.1, 0.15) is 33.6 Å². The van der Waals surface area contributed by atoms with E-state index in [-0.39, 0.29) is 17.9 Å². The van der Waals surface area contributed by atoms with Gasteiger partial charge in [0.05, 0.1) is 20.6 Å². The molecule has 102 valence electrons. The van der Waals surface area contributed by atoms with Crippen LogP contribution in [0.25, 0.3) is 0 Å². The summed E-state index contributed by atoms with van der Waals surface area (Å²) in [5, 5.41) is 12.3. The van der Waals surface area contributed by atoms with Gasteiger partial charge in [0.1, 0.15) is 12.6 Å². The fraction of sp³-hybridized carbons (Fsp3) is 0.923. The SMILES string of the molecule is CCC(C)C(=O)NCCC[N+](C)(C)CC(C)O. The van der Waals surface area contributed by atoms with Crippen molar-refractivity contribution in [3.8, 4) is 0 Å². The number of hydrogen-bond acceptors (Lipinski definition) is 2. The van der Waals surface area contributed by atoms with Gasteiger partial charge in [-0.25, -0.2) is 0 Å². The second kappa shape index (κ2) is 7.67. The van der Waals surface area contributed by atoms with Crippen molar-refractivity contribution in [1.29, 1.82) is 0 Å². The van der Waals surface area contributed by atoms with Gasteiger partial charge in [-0.2, -0.15) is 0 Å². The smallest absolute Gasteiger partial charge is 0.222 e. The minimum atomic E-state index is -0.278. The van der Waals surface area contributed by atoms with E-state index in [1.165, 1.54) is 0 Å². The molecule has 0 saturated heterocycles. The van der Waals surface area contributed by atoms with Crippen LogP contribution in [0.4, 0.5) is 0 Å². The highest BCUT2D eigenvalue weighted by Gasteiger charge is 2.17. The van der Waals surface area contributed by atoms with E-state index in [2.05, 4.69) is 19.4 Å². The largest absolute Gasteiger partial charge is 0.388 e. The zero-order valence-corrected chi connectivity index (χ0v) is 12.0. The molecular weight excluding hydrogens is 216 g/mol. The zero-order chi connectivity index (χ0) is 13.5. The fourth-order valence-corrected chi connectivity index (χ4v) is 1.88. The van der Waals surface area contributed by atoms with Gasteiger partial charge in [-0.15, -0.1) is 0 Å². The average Bonchev–Trinajstić information content (AvgIpc) is 2.21. The first-order valence-electron chi connectivity index (χ1n) is 6.56. The summed E-state index contributed by atoms with van der Waals surface area (Å²) in [6, 6.07) is 0. The summed E-state index contributed by atoms with van der Waals surface area (Å²) in [6.07, 6.45) is 1.55. The maximum atomic E-state index is 11.5. The second-order valence-corrected chi connectivity index (χ2v) is 5.64. The first-order valence-corrected chi connectivity index (χ1v) is 6.56. The van der Waals surface area contributed by atoms with Crippen molar-refractivity contribution < 1.29 is 14.4 Å². The maximum absolute atomic E-state index is 11.5. The lowest BCUT2D eigenvalue weighted by molar-refractivity contribution is -0.893. The molecule has 0 spiro atoms. The first kappa shape index (κ1) is 16.4. The molecule has 4 nitrogen and oxygen atoms in total. The van der Waals surface area contributed by atoms with Gasteiger partial charge in [0.25, 0.3) is 0 Å². The number of carbonyl (C=O) groups excluding carboxylic acids is 1. The molecule has 4 heteroatoms. The van der Waals surface area contributed by atoms with Crippen LogP contribution in [-0.4, -0.2) is 55.3 Å². The monoisotopic (exact) mass is 245 g/mol. The number of carbonyl (C=O) groups is 1. The van der Waals surface area contributed by atoms with Gasteiger partial charge in [-0.1, -0.05) is 13.8 Å². The summed E-state index contributed by atoms with van der Waals surface area (Å²) >= 11 is 0. The quantitative estimate of drug-likeness (QED) is 0.495. The minimum absolute atomic E-state index is 0.106. The van der Waals surface area contributed by atoms with E-state index < -0.39 is 0 Å². The molecule has 0 aromatic carbocycles. The lowest BCUT2D eigenvalue weighted by Crippen LogP contribution is -2.46. The molecule has 0 radical (unpaired) electrons. The summed E-state index contributed by atoms with van der Waals surface area (Å²) in [5.41, 5.74) is 0. The van der Waals surface area contributed by atoms with Gasteiger partial charge in [-0.05, 0) is 13.3 Å². The van der Waals surface area contributed by atoms with Gasteiger partial charge in [-0.3, -0.25) is 4.79 Å². The van der Waals surface area contributed by atoms with Crippen LogP contribution < -0.4 is 5.32 Å². The molecule has 2 N–H and O–H groups in total. The molecule has 0 aliphatic carbocycles. The number of nitrogens with zero attached hydrogens (tertiary/aromatic N) is 1. The normalized spacial score (nSPS) is 15.4. The molecule has 17 heavy (non-hydrogen) atoms. The molecule has 0 heterocycles. The fourth-order valence-electron chi connectivity index (χ4n) is 1.88. The number of amides is 1. The molecule has 1 amide bonds. The number of likely N-dealkylation sites (N-methyl/N-ethyl adjacent to an activating group) is 1. The lowest BCUT2D eigenvalue weighted by Gasteiger charge is -2.31. The van der Waals surface area contributed by atoms with E-state index in [1.54, 1.807) is 0 Å². The van der Waals surface area contributed by atoms with Crippen LogP contribution in [-0.2, 0) is 4.79 Å². The molecule has 0 saturated carbocycles. The topological polar surface area (TPSA) is 49.3 Å². The standard InChI is InChI=1S/C13H28N2O2/c1-6-11(2)13(17)14-8-7-9-15(4,5)10-12(3)16/h11-12,16H,6-10H2,1-5H3/p+1. The summed E-state index contributed by atoms with van der Waals surface area (Å²) < 4.78 is 0.789. The van der Waals surface area contributed by atoms with Crippen LogP contribution >= 0.6 is 0 Å². The number of aliphatic hydroxyl groups is 1. The second-order valence-electron chi connectivity index (χ2n) is 5.64. The number of aliphatic hydroxyl groups excluding tert-OH is 1. The summed E-state index contributed by atoms with van der Waals surface area (Å²) in [6.45, 7) is 8.22.